The zero-order valence-electron chi connectivity index (χ0n) is 15.5. The molecule has 0 saturated carbocycles. The molecule has 0 heterocycles. The second kappa shape index (κ2) is 9.67. The summed E-state index contributed by atoms with van der Waals surface area (Å²) in [5.41, 5.74) is 1.71. The summed E-state index contributed by atoms with van der Waals surface area (Å²) in [6.07, 6.45) is 0. The molecular weight excluding hydrogens is 416 g/mol. The quantitative estimate of drug-likeness (QED) is 0.486. The van der Waals surface area contributed by atoms with Gasteiger partial charge in [-0.2, -0.15) is 0 Å². The van der Waals surface area contributed by atoms with E-state index in [1.165, 1.54) is 31.4 Å². The maximum atomic E-state index is 14.1. The van der Waals surface area contributed by atoms with Crippen LogP contribution in [0.3, 0.4) is 0 Å². The molecule has 150 valence electrons. The first-order chi connectivity index (χ1) is 14.0. The Morgan fingerprint density at radius 1 is 1.03 bits per heavy atom. The third-order valence-corrected chi connectivity index (χ3v) is 4.95. The van der Waals surface area contributed by atoms with Crippen molar-refractivity contribution < 1.29 is 18.3 Å². The van der Waals surface area contributed by atoms with Crippen molar-refractivity contribution in [2.24, 2.45) is 0 Å². The Labute approximate surface area is 178 Å². The lowest BCUT2D eigenvalue weighted by molar-refractivity contribution is 0.279. The van der Waals surface area contributed by atoms with Gasteiger partial charge in [0.15, 0.2) is 11.5 Å². The Bertz CT molecular complexity index is 992. The number of rotatable bonds is 7. The Balaban J connectivity index is 1.79. The topological polar surface area (TPSA) is 30.5 Å². The summed E-state index contributed by atoms with van der Waals surface area (Å²) < 4.78 is 38.4. The van der Waals surface area contributed by atoms with Crippen LogP contribution in [0.25, 0.3) is 0 Å². The van der Waals surface area contributed by atoms with Gasteiger partial charge in [-0.3, -0.25) is 0 Å². The summed E-state index contributed by atoms with van der Waals surface area (Å²) in [6, 6.07) is 15.9. The van der Waals surface area contributed by atoms with E-state index in [0.29, 0.717) is 28.6 Å². The number of ether oxygens (including phenoxy) is 2. The van der Waals surface area contributed by atoms with E-state index in [0.717, 1.165) is 5.56 Å². The van der Waals surface area contributed by atoms with Crippen LogP contribution in [0.5, 0.6) is 11.5 Å². The van der Waals surface area contributed by atoms with Crippen molar-refractivity contribution in [2.45, 2.75) is 13.2 Å². The molecule has 0 bridgehead atoms. The van der Waals surface area contributed by atoms with E-state index in [1.807, 2.05) is 0 Å². The van der Waals surface area contributed by atoms with Crippen molar-refractivity contribution >= 4 is 28.8 Å². The molecule has 0 amide bonds. The minimum Gasteiger partial charge on any atom is -0.493 e. The number of hydrogen-bond donors (Lipinski definition) is 1. The zero-order valence-corrected chi connectivity index (χ0v) is 17.1. The number of nitrogens with one attached hydrogen (secondary N) is 1. The van der Waals surface area contributed by atoms with Gasteiger partial charge < -0.3 is 14.8 Å². The number of thiocarbonyl (C=S) groups is 1. The molecule has 0 spiro atoms. The predicted molar refractivity (Wildman–Crippen MR) is 114 cm³/mol. The molecule has 29 heavy (non-hydrogen) atoms. The van der Waals surface area contributed by atoms with Gasteiger partial charge >= 0.3 is 0 Å². The molecule has 0 atom stereocenters. The molecule has 0 saturated heterocycles. The highest BCUT2D eigenvalue weighted by atomic mass is 35.5. The Kier molecular flexibility index (Phi) is 7.01. The van der Waals surface area contributed by atoms with Gasteiger partial charge in [-0.25, -0.2) is 8.78 Å². The van der Waals surface area contributed by atoms with Gasteiger partial charge in [0.25, 0.3) is 0 Å². The van der Waals surface area contributed by atoms with E-state index < -0.39 is 5.82 Å². The van der Waals surface area contributed by atoms with Crippen LogP contribution in [-0.4, -0.2) is 12.1 Å². The van der Waals surface area contributed by atoms with Crippen molar-refractivity contribution in [3.05, 3.63) is 94.0 Å². The fraction of sp³-hybridized carbons (Fsp3) is 0.136. The van der Waals surface area contributed by atoms with E-state index in [2.05, 4.69) is 5.32 Å². The first-order valence-electron chi connectivity index (χ1n) is 8.75. The molecule has 3 nitrogen and oxygen atoms in total. The van der Waals surface area contributed by atoms with E-state index in [9.17, 15) is 8.78 Å². The predicted octanol–water partition coefficient (Wildman–Crippen LogP) is 5.67. The largest absolute Gasteiger partial charge is 0.493 e. The Morgan fingerprint density at radius 2 is 1.76 bits per heavy atom. The monoisotopic (exact) mass is 433 g/mol. The lowest BCUT2D eigenvalue weighted by Crippen LogP contribution is -2.22. The van der Waals surface area contributed by atoms with Crippen molar-refractivity contribution in [1.29, 1.82) is 0 Å². The molecule has 0 aliphatic carbocycles. The first kappa shape index (κ1) is 21.0. The fourth-order valence-corrected chi connectivity index (χ4v) is 3.15. The lowest BCUT2D eigenvalue weighted by atomic mass is 10.1. The summed E-state index contributed by atoms with van der Waals surface area (Å²) in [5, 5.41) is 3.40. The van der Waals surface area contributed by atoms with Gasteiger partial charge in [0.2, 0.25) is 0 Å². The minimum atomic E-state index is -0.453. The highest BCUT2D eigenvalue weighted by Gasteiger charge is 2.16. The summed E-state index contributed by atoms with van der Waals surface area (Å²) in [7, 11) is 1.51. The van der Waals surface area contributed by atoms with Crippen molar-refractivity contribution in [3.63, 3.8) is 0 Å². The van der Waals surface area contributed by atoms with Crippen LogP contribution in [0.15, 0.2) is 60.7 Å². The smallest absolute Gasteiger partial charge is 0.171 e. The van der Waals surface area contributed by atoms with E-state index >= 15 is 0 Å². The molecular formula is C22H18ClF2NO2S. The maximum Gasteiger partial charge on any atom is 0.171 e. The van der Waals surface area contributed by atoms with Crippen molar-refractivity contribution in [3.8, 4) is 11.5 Å². The van der Waals surface area contributed by atoms with E-state index in [1.54, 1.807) is 36.4 Å². The third-order valence-electron chi connectivity index (χ3n) is 4.23. The van der Waals surface area contributed by atoms with Crippen LogP contribution < -0.4 is 14.8 Å². The first-order valence-corrected chi connectivity index (χ1v) is 9.53. The van der Waals surface area contributed by atoms with Crippen LogP contribution in [0, 0.1) is 11.6 Å². The number of para-hydroxylation sites is 1. The van der Waals surface area contributed by atoms with Crippen molar-refractivity contribution in [1.82, 2.24) is 5.32 Å². The van der Waals surface area contributed by atoms with E-state index in [4.69, 9.17) is 33.3 Å². The summed E-state index contributed by atoms with van der Waals surface area (Å²) in [5.74, 6) is 0.0874. The van der Waals surface area contributed by atoms with Crippen LogP contribution in [0.1, 0.15) is 16.7 Å². The normalized spacial score (nSPS) is 10.5. The molecule has 0 aromatic heterocycles. The molecule has 0 aliphatic heterocycles. The molecule has 3 rings (SSSR count). The highest BCUT2D eigenvalue weighted by Crippen LogP contribution is 2.33. The third kappa shape index (κ3) is 5.22. The number of hydrogen-bond acceptors (Lipinski definition) is 3. The van der Waals surface area contributed by atoms with Crippen LogP contribution in [0.4, 0.5) is 8.78 Å². The summed E-state index contributed by atoms with van der Waals surface area (Å²) >= 11 is 11.6. The van der Waals surface area contributed by atoms with Gasteiger partial charge in [0.05, 0.1) is 17.7 Å². The average Bonchev–Trinajstić information content (AvgIpc) is 2.72. The Hall–Kier alpha value is -2.70. The highest BCUT2D eigenvalue weighted by molar-refractivity contribution is 7.80. The van der Waals surface area contributed by atoms with E-state index in [-0.39, 0.29) is 23.0 Å². The summed E-state index contributed by atoms with van der Waals surface area (Å²) in [6.45, 7) is 0.328. The maximum absolute atomic E-state index is 14.1. The molecule has 0 radical (unpaired) electrons. The molecule has 1 N–H and O–H groups in total. The lowest BCUT2D eigenvalue weighted by Gasteiger charge is -2.17. The SMILES string of the molecule is COc1cccc(C(=S)NCc2ccc(F)cc2)c1OCc1c(F)cccc1Cl. The van der Waals surface area contributed by atoms with Crippen LogP contribution >= 0.6 is 23.8 Å². The molecule has 0 unspecified atom stereocenters. The zero-order chi connectivity index (χ0) is 20.8. The number of halogens is 3. The standard InChI is InChI=1S/C22H18ClF2NO2S/c1-27-20-7-2-4-16(22(29)26-12-14-8-10-15(24)11-9-14)21(20)28-13-17-18(23)5-3-6-19(17)25/h2-11H,12-13H2,1H3,(H,26,29). The molecule has 0 fully saturated rings. The van der Waals surface area contributed by atoms with Gasteiger partial charge in [0, 0.05) is 12.1 Å². The van der Waals surface area contributed by atoms with Gasteiger partial charge in [0.1, 0.15) is 23.2 Å². The Morgan fingerprint density at radius 3 is 2.45 bits per heavy atom. The van der Waals surface area contributed by atoms with Gasteiger partial charge in [-0.15, -0.1) is 0 Å². The fourth-order valence-electron chi connectivity index (χ4n) is 2.70. The minimum absolute atomic E-state index is 0.0839. The molecule has 0 aliphatic rings. The molecule has 7 heteroatoms. The molecule has 3 aromatic rings. The second-order valence-corrected chi connectivity index (χ2v) is 6.95. The number of methoxy groups -OCH3 is 1. The number of benzene rings is 3. The summed E-state index contributed by atoms with van der Waals surface area (Å²) in [4.78, 5) is 0.419. The van der Waals surface area contributed by atoms with Crippen LogP contribution in [0.2, 0.25) is 5.02 Å². The van der Waals surface area contributed by atoms with Crippen LogP contribution in [-0.2, 0) is 13.2 Å². The average molecular weight is 434 g/mol. The van der Waals surface area contributed by atoms with Crippen molar-refractivity contribution in [2.75, 3.05) is 7.11 Å². The van der Waals surface area contributed by atoms with Gasteiger partial charge in [-0.1, -0.05) is 48.1 Å². The second-order valence-electron chi connectivity index (χ2n) is 6.13. The molecule has 3 aromatic carbocycles. The van der Waals surface area contributed by atoms with Gasteiger partial charge in [-0.05, 0) is 42.0 Å².